The zero-order valence-corrected chi connectivity index (χ0v) is 19.4. The van der Waals surface area contributed by atoms with Crippen molar-refractivity contribution >= 4 is 23.2 Å². The predicted molar refractivity (Wildman–Crippen MR) is 130 cm³/mol. The normalized spacial score (nSPS) is 19.4. The first-order chi connectivity index (χ1) is 16.2. The Kier molecular flexibility index (Phi) is 4.75. The maximum absolute atomic E-state index is 13.1. The van der Waals surface area contributed by atoms with E-state index in [0.29, 0.717) is 22.4 Å². The van der Waals surface area contributed by atoms with Crippen molar-refractivity contribution in [3.8, 4) is 11.5 Å². The number of nitro benzene ring substituents is 1. The van der Waals surface area contributed by atoms with Crippen LogP contribution < -0.4 is 14.4 Å². The van der Waals surface area contributed by atoms with Crippen LogP contribution in [0.1, 0.15) is 40.9 Å². The molecule has 0 saturated heterocycles. The van der Waals surface area contributed by atoms with Crippen molar-refractivity contribution in [3.63, 3.8) is 0 Å². The molecule has 5 rings (SSSR count). The first kappa shape index (κ1) is 21.7. The molecule has 0 amide bonds. The summed E-state index contributed by atoms with van der Waals surface area (Å²) in [6, 6.07) is 18.0. The number of hydrogen-bond donors (Lipinski definition) is 0. The largest absolute Gasteiger partial charge is 0.490 e. The molecule has 2 heterocycles. The van der Waals surface area contributed by atoms with Gasteiger partial charge in [0.15, 0.2) is 5.78 Å². The first-order valence-electron chi connectivity index (χ1n) is 10.9. The highest BCUT2D eigenvalue weighted by molar-refractivity contribution is 6.09. The Morgan fingerprint density at radius 1 is 1.06 bits per heavy atom. The van der Waals surface area contributed by atoms with Gasteiger partial charge >= 0.3 is 5.69 Å². The summed E-state index contributed by atoms with van der Waals surface area (Å²) in [5.74, 6) is 0.601. The minimum Gasteiger partial charge on any atom is -0.490 e. The fourth-order valence-corrected chi connectivity index (χ4v) is 5.03. The molecule has 34 heavy (non-hydrogen) atoms. The molecule has 1 unspecified atom stereocenters. The second-order valence-electron chi connectivity index (χ2n) is 9.06. The molecule has 0 saturated carbocycles. The van der Waals surface area contributed by atoms with Crippen molar-refractivity contribution in [2.24, 2.45) is 0 Å². The van der Waals surface area contributed by atoms with Gasteiger partial charge in [-0.25, -0.2) is 0 Å². The molecule has 2 aliphatic rings. The SMILES string of the molecule is COc1cc2c(cc1[N+](=O)[O-])C=CC1(O2)N(C)c2ccc(C(=O)c3ccccc3)cc2C1(C)C. The molecule has 7 nitrogen and oxygen atoms in total. The van der Waals surface area contributed by atoms with Crippen LogP contribution in [-0.2, 0) is 5.41 Å². The maximum atomic E-state index is 13.1. The third kappa shape index (κ3) is 2.93. The molecule has 7 heteroatoms. The lowest BCUT2D eigenvalue weighted by atomic mass is 9.76. The summed E-state index contributed by atoms with van der Waals surface area (Å²) < 4.78 is 11.9. The van der Waals surface area contributed by atoms with Crippen molar-refractivity contribution < 1.29 is 19.2 Å². The topological polar surface area (TPSA) is 81.9 Å². The average Bonchev–Trinajstić information content (AvgIpc) is 3.00. The van der Waals surface area contributed by atoms with Gasteiger partial charge in [0.05, 0.1) is 17.4 Å². The van der Waals surface area contributed by atoms with Crippen molar-refractivity contribution in [2.45, 2.75) is 25.0 Å². The quantitative estimate of drug-likeness (QED) is 0.298. The third-order valence-electron chi connectivity index (χ3n) is 6.99. The van der Waals surface area contributed by atoms with E-state index >= 15 is 0 Å². The van der Waals surface area contributed by atoms with Crippen molar-refractivity contribution in [2.75, 3.05) is 19.1 Å². The lowest BCUT2D eigenvalue weighted by molar-refractivity contribution is -0.385. The highest BCUT2D eigenvalue weighted by atomic mass is 16.6. The smallest absolute Gasteiger partial charge is 0.311 e. The molecule has 0 aromatic heterocycles. The number of nitrogens with zero attached hydrogens (tertiary/aromatic N) is 2. The summed E-state index contributed by atoms with van der Waals surface area (Å²) in [6.45, 7) is 4.15. The van der Waals surface area contributed by atoms with Crippen molar-refractivity contribution in [1.29, 1.82) is 0 Å². The molecule has 172 valence electrons. The number of hydrogen-bond acceptors (Lipinski definition) is 6. The number of ketones is 1. The van der Waals surface area contributed by atoms with E-state index in [2.05, 4.69) is 13.8 Å². The number of ether oxygens (including phenoxy) is 2. The summed E-state index contributed by atoms with van der Waals surface area (Å²) in [7, 11) is 3.35. The Balaban J connectivity index is 1.58. The second-order valence-corrected chi connectivity index (χ2v) is 9.06. The van der Waals surface area contributed by atoms with Gasteiger partial charge in [-0.2, -0.15) is 0 Å². The predicted octanol–water partition coefficient (Wildman–Crippen LogP) is 5.36. The number of fused-ring (bicyclic) bond motifs is 2. The van der Waals surface area contributed by atoms with Crippen LogP contribution in [-0.4, -0.2) is 30.6 Å². The lowest BCUT2D eigenvalue weighted by Gasteiger charge is -2.45. The number of carbonyl (C=O) groups is 1. The molecular formula is C27H24N2O5. The summed E-state index contributed by atoms with van der Waals surface area (Å²) in [4.78, 5) is 26.1. The van der Waals surface area contributed by atoms with Gasteiger partial charge in [-0.05, 0) is 49.8 Å². The summed E-state index contributed by atoms with van der Waals surface area (Å²) >= 11 is 0. The molecule has 0 bridgehead atoms. The Hall–Kier alpha value is -4.13. The van der Waals surface area contributed by atoms with Gasteiger partial charge in [0.2, 0.25) is 11.5 Å². The standard InChI is InChI=1S/C27H24N2O5/c1-26(2)20-14-19(25(30)17-8-6-5-7-9-17)10-11-21(20)28(3)27(26)13-12-18-15-22(29(31)32)24(33-4)16-23(18)34-27/h5-16H,1-4H3. The van der Waals surface area contributed by atoms with E-state index in [-0.39, 0.29) is 17.2 Å². The monoisotopic (exact) mass is 456 g/mol. The van der Waals surface area contributed by atoms with Crippen LogP contribution in [0.4, 0.5) is 11.4 Å². The zero-order valence-electron chi connectivity index (χ0n) is 19.4. The maximum Gasteiger partial charge on any atom is 0.311 e. The molecule has 0 aliphatic carbocycles. The Morgan fingerprint density at radius 2 is 1.79 bits per heavy atom. The van der Waals surface area contributed by atoms with Gasteiger partial charge < -0.3 is 14.4 Å². The number of benzene rings is 3. The number of methoxy groups -OCH3 is 1. The number of carbonyl (C=O) groups excluding carboxylic acids is 1. The van der Waals surface area contributed by atoms with Gasteiger partial charge in [-0.15, -0.1) is 0 Å². The molecule has 1 spiro atoms. The fraction of sp³-hybridized carbons (Fsp3) is 0.222. The van der Waals surface area contributed by atoms with Crippen LogP contribution in [0.2, 0.25) is 0 Å². The van der Waals surface area contributed by atoms with Gasteiger partial charge in [-0.3, -0.25) is 14.9 Å². The first-order valence-corrected chi connectivity index (χ1v) is 10.9. The van der Waals surface area contributed by atoms with E-state index in [1.165, 1.54) is 13.2 Å². The number of nitro groups is 1. The summed E-state index contributed by atoms with van der Waals surface area (Å²) in [6.07, 6.45) is 3.79. The highest BCUT2D eigenvalue weighted by Gasteiger charge is 2.58. The number of likely N-dealkylation sites (N-methyl/N-ethyl adjacent to an activating group) is 1. The van der Waals surface area contributed by atoms with E-state index in [0.717, 1.165) is 11.3 Å². The van der Waals surface area contributed by atoms with E-state index in [1.807, 2.05) is 72.6 Å². The van der Waals surface area contributed by atoms with Gasteiger partial charge in [-0.1, -0.05) is 30.3 Å². The number of rotatable bonds is 4. The van der Waals surface area contributed by atoms with E-state index in [1.54, 1.807) is 6.07 Å². The minimum atomic E-state index is -0.891. The number of anilines is 1. The molecular weight excluding hydrogens is 432 g/mol. The van der Waals surface area contributed by atoms with Crippen LogP contribution >= 0.6 is 0 Å². The minimum absolute atomic E-state index is 0.0368. The van der Waals surface area contributed by atoms with Crippen LogP contribution in [0.15, 0.2) is 66.7 Å². The molecule has 3 aromatic rings. The third-order valence-corrected chi connectivity index (χ3v) is 6.99. The molecule has 1 atom stereocenters. The van der Waals surface area contributed by atoms with Gasteiger partial charge in [0.1, 0.15) is 5.75 Å². The second kappa shape index (κ2) is 7.45. The Bertz CT molecular complexity index is 1360. The van der Waals surface area contributed by atoms with E-state index in [4.69, 9.17) is 9.47 Å². The lowest BCUT2D eigenvalue weighted by Crippen LogP contribution is -2.58. The zero-order chi connectivity index (χ0) is 24.3. The van der Waals surface area contributed by atoms with Crippen molar-refractivity contribution in [1.82, 2.24) is 0 Å². The fourth-order valence-electron chi connectivity index (χ4n) is 5.03. The molecule has 2 aliphatic heterocycles. The van der Waals surface area contributed by atoms with Crippen LogP contribution in [0.3, 0.4) is 0 Å². The molecule has 0 radical (unpaired) electrons. The highest BCUT2D eigenvalue weighted by Crippen LogP contribution is 2.55. The summed E-state index contributed by atoms with van der Waals surface area (Å²) in [5.41, 5.74) is 2.25. The van der Waals surface area contributed by atoms with E-state index in [9.17, 15) is 14.9 Å². The van der Waals surface area contributed by atoms with Crippen LogP contribution in [0.25, 0.3) is 6.08 Å². The van der Waals surface area contributed by atoms with Gasteiger partial charge in [0.25, 0.3) is 0 Å². The Labute approximate surface area is 197 Å². The average molecular weight is 456 g/mol. The van der Waals surface area contributed by atoms with E-state index < -0.39 is 16.1 Å². The molecule has 3 aromatic carbocycles. The van der Waals surface area contributed by atoms with Crippen LogP contribution in [0.5, 0.6) is 11.5 Å². The molecule has 0 N–H and O–H groups in total. The molecule has 0 fully saturated rings. The van der Waals surface area contributed by atoms with Gasteiger partial charge in [0, 0.05) is 41.6 Å². The summed E-state index contributed by atoms with van der Waals surface area (Å²) in [5, 5.41) is 11.4. The Morgan fingerprint density at radius 3 is 2.47 bits per heavy atom. The van der Waals surface area contributed by atoms with Crippen LogP contribution in [0, 0.1) is 10.1 Å². The van der Waals surface area contributed by atoms with Crippen molar-refractivity contribution in [3.05, 3.63) is 99.1 Å².